The lowest BCUT2D eigenvalue weighted by Gasteiger charge is -2.18. The van der Waals surface area contributed by atoms with E-state index >= 15 is 0 Å². The Kier molecular flexibility index (Phi) is 3.18. The van der Waals surface area contributed by atoms with Crippen molar-refractivity contribution in [3.8, 4) is 0 Å². The number of ketones is 1. The lowest BCUT2D eigenvalue weighted by atomic mass is 9.99. The number of rotatable bonds is 3. The van der Waals surface area contributed by atoms with Gasteiger partial charge in [-0.1, -0.05) is 18.2 Å². The van der Waals surface area contributed by atoms with Gasteiger partial charge in [-0.25, -0.2) is 0 Å². The number of benzene rings is 1. The van der Waals surface area contributed by atoms with Crippen molar-refractivity contribution in [2.24, 2.45) is 0 Å². The van der Waals surface area contributed by atoms with Crippen molar-refractivity contribution in [1.82, 2.24) is 9.80 Å². The minimum atomic E-state index is 0.195. The zero-order valence-electron chi connectivity index (χ0n) is 10.6. The first kappa shape index (κ1) is 11.7. The molecule has 0 aromatic heterocycles. The van der Waals surface area contributed by atoms with Gasteiger partial charge in [-0.3, -0.25) is 4.79 Å². The number of nitrogens with zero attached hydrogens (tertiary/aromatic N) is 2. The quantitative estimate of drug-likeness (QED) is 0.743. The predicted octanol–water partition coefficient (Wildman–Crippen LogP) is 2.16. The van der Waals surface area contributed by atoms with Gasteiger partial charge in [0.05, 0.1) is 13.2 Å². The summed E-state index contributed by atoms with van der Waals surface area (Å²) in [4.78, 5) is 16.3. The Hall–Kier alpha value is -1.77. The summed E-state index contributed by atoms with van der Waals surface area (Å²) in [5.41, 5.74) is 2.99. The van der Waals surface area contributed by atoms with Gasteiger partial charge in [-0.15, -0.1) is 0 Å². The Labute approximate surface area is 102 Å². The third-order valence-electron chi connectivity index (χ3n) is 3.04. The van der Waals surface area contributed by atoms with Crippen LogP contribution in [0.5, 0.6) is 0 Å². The molecule has 1 aliphatic rings. The fourth-order valence-corrected chi connectivity index (χ4v) is 2.21. The Morgan fingerprint density at radius 2 is 1.88 bits per heavy atom. The molecule has 0 N–H and O–H groups in total. The molecule has 0 unspecified atom stereocenters. The molecule has 0 spiro atoms. The summed E-state index contributed by atoms with van der Waals surface area (Å²) in [7, 11) is 2.00. The first-order valence-electron chi connectivity index (χ1n) is 5.80. The third-order valence-corrected chi connectivity index (χ3v) is 3.04. The lowest BCUT2D eigenvalue weighted by molar-refractivity contribution is 0.0947. The highest BCUT2D eigenvalue weighted by Gasteiger charge is 2.16. The topological polar surface area (TPSA) is 23.6 Å². The molecule has 3 heteroatoms. The number of carbonyl (C=O) groups excluding carboxylic acids is 1. The predicted molar refractivity (Wildman–Crippen MR) is 68.7 cm³/mol. The highest BCUT2D eigenvalue weighted by molar-refractivity contribution is 6.00. The van der Waals surface area contributed by atoms with Crippen LogP contribution in [-0.4, -0.2) is 35.8 Å². The Balaban J connectivity index is 2.13. The molecule has 0 saturated heterocycles. The van der Waals surface area contributed by atoms with Gasteiger partial charge in [-0.05, 0) is 25.0 Å². The van der Waals surface area contributed by atoms with Crippen LogP contribution in [0.1, 0.15) is 21.5 Å². The Morgan fingerprint density at radius 3 is 2.41 bits per heavy atom. The molecular formula is C14H18N2O. The van der Waals surface area contributed by atoms with Crippen LogP contribution in [0.15, 0.2) is 30.6 Å². The molecule has 17 heavy (non-hydrogen) atoms. The molecule has 1 aliphatic heterocycles. The summed E-state index contributed by atoms with van der Waals surface area (Å²) in [6.45, 7) is 5.22. The van der Waals surface area contributed by atoms with Crippen LogP contribution < -0.4 is 0 Å². The van der Waals surface area contributed by atoms with Gasteiger partial charge in [0.15, 0.2) is 5.78 Å². The van der Waals surface area contributed by atoms with E-state index in [9.17, 15) is 4.79 Å². The third kappa shape index (κ3) is 2.49. The van der Waals surface area contributed by atoms with Gasteiger partial charge in [0.25, 0.3) is 0 Å². The van der Waals surface area contributed by atoms with Crippen molar-refractivity contribution in [3.05, 3.63) is 47.3 Å². The van der Waals surface area contributed by atoms with E-state index in [1.165, 1.54) is 0 Å². The van der Waals surface area contributed by atoms with Crippen molar-refractivity contribution in [3.63, 3.8) is 0 Å². The summed E-state index contributed by atoms with van der Waals surface area (Å²) in [5.74, 6) is 0.195. The number of hydrogen-bond acceptors (Lipinski definition) is 3. The summed E-state index contributed by atoms with van der Waals surface area (Å²) in [5, 5.41) is 0. The number of hydrogen-bond donors (Lipinski definition) is 0. The molecule has 0 fully saturated rings. The normalized spacial score (nSPS) is 14.5. The van der Waals surface area contributed by atoms with E-state index in [0.717, 1.165) is 23.4 Å². The fraction of sp³-hybridized carbons (Fsp3) is 0.357. The van der Waals surface area contributed by atoms with E-state index in [-0.39, 0.29) is 5.78 Å². The Morgan fingerprint density at radius 1 is 1.24 bits per heavy atom. The standard InChI is InChI=1S/C14H18N2O/c1-11-5-4-6-12(2)14(11)13(17)9-16-8-7-15(3)10-16/h4-8H,9-10H2,1-3H3. The van der Waals surface area contributed by atoms with Crippen LogP contribution in [-0.2, 0) is 0 Å². The molecule has 90 valence electrons. The molecule has 0 saturated carbocycles. The van der Waals surface area contributed by atoms with Gasteiger partial charge in [0, 0.05) is 25.0 Å². The molecule has 0 atom stereocenters. The molecule has 0 aliphatic carbocycles. The van der Waals surface area contributed by atoms with E-state index < -0.39 is 0 Å². The van der Waals surface area contributed by atoms with Crippen LogP contribution in [0.2, 0.25) is 0 Å². The smallest absolute Gasteiger partial charge is 0.182 e. The molecule has 0 radical (unpaired) electrons. The Bertz CT molecular complexity index is 445. The number of carbonyl (C=O) groups is 1. The summed E-state index contributed by atoms with van der Waals surface area (Å²) in [6.07, 6.45) is 3.95. The molecule has 0 bridgehead atoms. The summed E-state index contributed by atoms with van der Waals surface area (Å²) >= 11 is 0. The van der Waals surface area contributed by atoms with Crippen LogP contribution in [0.3, 0.4) is 0 Å². The monoisotopic (exact) mass is 230 g/mol. The second-order valence-corrected chi connectivity index (χ2v) is 4.63. The molecular weight excluding hydrogens is 212 g/mol. The number of aryl methyl sites for hydroxylation is 2. The van der Waals surface area contributed by atoms with Crippen LogP contribution >= 0.6 is 0 Å². The highest BCUT2D eigenvalue weighted by atomic mass is 16.1. The maximum atomic E-state index is 12.3. The first-order chi connectivity index (χ1) is 8.08. The maximum absolute atomic E-state index is 12.3. The van der Waals surface area contributed by atoms with Gasteiger partial charge < -0.3 is 9.80 Å². The molecule has 2 rings (SSSR count). The van der Waals surface area contributed by atoms with Crippen molar-refractivity contribution in [2.75, 3.05) is 20.3 Å². The van der Waals surface area contributed by atoms with Crippen molar-refractivity contribution in [1.29, 1.82) is 0 Å². The number of Topliss-reactive ketones (excluding diaryl/α,β-unsaturated/α-hetero) is 1. The van der Waals surface area contributed by atoms with E-state index in [2.05, 4.69) is 4.90 Å². The first-order valence-corrected chi connectivity index (χ1v) is 5.80. The second-order valence-electron chi connectivity index (χ2n) is 4.63. The van der Waals surface area contributed by atoms with Gasteiger partial charge in [-0.2, -0.15) is 0 Å². The second kappa shape index (κ2) is 4.62. The highest BCUT2D eigenvalue weighted by Crippen LogP contribution is 2.15. The molecule has 3 nitrogen and oxygen atoms in total. The zero-order chi connectivity index (χ0) is 12.4. The van der Waals surface area contributed by atoms with Gasteiger partial charge >= 0.3 is 0 Å². The average molecular weight is 230 g/mol. The molecule has 1 aromatic rings. The van der Waals surface area contributed by atoms with Gasteiger partial charge in [0.2, 0.25) is 0 Å². The lowest BCUT2D eigenvalue weighted by Crippen LogP contribution is -2.28. The molecule has 1 heterocycles. The average Bonchev–Trinajstić information content (AvgIpc) is 2.63. The molecule has 0 amide bonds. The van der Waals surface area contributed by atoms with Crippen molar-refractivity contribution < 1.29 is 4.79 Å². The van der Waals surface area contributed by atoms with Crippen LogP contribution in [0.4, 0.5) is 0 Å². The minimum absolute atomic E-state index is 0.195. The SMILES string of the molecule is Cc1cccc(C)c1C(=O)CN1C=CN(C)C1. The van der Waals surface area contributed by atoms with E-state index in [1.54, 1.807) is 0 Å². The van der Waals surface area contributed by atoms with E-state index in [4.69, 9.17) is 0 Å². The molecule has 1 aromatic carbocycles. The van der Waals surface area contributed by atoms with Crippen LogP contribution in [0.25, 0.3) is 0 Å². The fourth-order valence-electron chi connectivity index (χ4n) is 2.21. The van der Waals surface area contributed by atoms with Gasteiger partial charge in [0.1, 0.15) is 0 Å². The van der Waals surface area contributed by atoms with E-state index in [0.29, 0.717) is 6.54 Å². The maximum Gasteiger partial charge on any atom is 0.182 e. The zero-order valence-corrected chi connectivity index (χ0v) is 10.6. The largest absolute Gasteiger partial charge is 0.362 e. The summed E-state index contributed by atoms with van der Waals surface area (Å²) < 4.78 is 0. The van der Waals surface area contributed by atoms with E-state index in [1.807, 2.05) is 56.4 Å². The van der Waals surface area contributed by atoms with Crippen molar-refractivity contribution in [2.45, 2.75) is 13.8 Å². The summed E-state index contributed by atoms with van der Waals surface area (Å²) in [6, 6.07) is 5.98. The minimum Gasteiger partial charge on any atom is -0.362 e. The van der Waals surface area contributed by atoms with Crippen molar-refractivity contribution >= 4 is 5.78 Å². The van der Waals surface area contributed by atoms with Crippen LogP contribution in [0, 0.1) is 13.8 Å².